The number of hydrogen-bond acceptors (Lipinski definition) is 3. The average molecular weight is 342 g/mol. The van der Waals surface area contributed by atoms with E-state index in [1.165, 1.54) is 6.07 Å². The van der Waals surface area contributed by atoms with Gasteiger partial charge in [0, 0.05) is 10.6 Å². The molecule has 2 aromatic rings. The molecule has 1 atom stereocenters. The largest absolute Gasteiger partial charge is 0.348 e. The van der Waals surface area contributed by atoms with E-state index >= 15 is 0 Å². The molecule has 5 nitrogen and oxygen atoms in total. The minimum absolute atomic E-state index is 0.133. The van der Waals surface area contributed by atoms with Gasteiger partial charge < -0.3 is 10.6 Å². The Balaban J connectivity index is 1.86. The Kier molecular flexibility index (Phi) is 5.94. The van der Waals surface area contributed by atoms with Crippen molar-refractivity contribution in [2.45, 2.75) is 13.0 Å². The maximum Gasteiger partial charge on any atom is 0.251 e. The first-order chi connectivity index (χ1) is 11.5. The molecular weight excluding hydrogens is 326 g/mol. The molecule has 0 bridgehead atoms. The summed E-state index contributed by atoms with van der Waals surface area (Å²) in [5, 5.41) is 14.6. The number of hydrogen-bond donors (Lipinski definition) is 2. The van der Waals surface area contributed by atoms with Gasteiger partial charge in [0.1, 0.15) is 0 Å². The lowest BCUT2D eigenvalue weighted by molar-refractivity contribution is -0.120. The van der Waals surface area contributed by atoms with Gasteiger partial charge in [-0.1, -0.05) is 29.8 Å². The predicted molar refractivity (Wildman–Crippen MR) is 91.5 cm³/mol. The molecule has 1 unspecified atom stereocenters. The lowest BCUT2D eigenvalue weighted by atomic mass is 10.1. The van der Waals surface area contributed by atoms with Crippen LogP contribution >= 0.6 is 11.6 Å². The van der Waals surface area contributed by atoms with E-state index in [1.54, 1.807) is 42.5 Å². The molecule has 24 heavy (non-hydrogen) atoms. The quantitative estimate of drug-likeness (QED) is 0.877. The van der Waals surface area contributed by atoms with Crippen LogP contribution in [0.3, 0.4) is 0 Å². The first-order valence-electron chi connectivity index (χ1n) is 7.33. The average Bonchev–Trinajstić information content (AvgIpc) is 2.59. The van der Waals surface area contributed by atoms with Gasteiger partial charge in [-0.25, -0.2) is 0 Å². The summed E-state index contributed by atoms with van der Waals surface area (Å²) in [5.74, 6) is -0.666. The summed E-state index contributed by atoms with van der Waals surface area (Å²) in [5.41, 5.74) is 1.84. The predicted octanol–water partition coefficient (Wildman–Crippen LogP) is 2.82. The number of benzene rings is 2. The molecule has 2 rings (SSSR count). The normalized spacial score (nSPS) is 11.2. The number of rotatable bonds is 5. The molecule has 2 N–H and O–H groups in total. The number of nitrogens with zero attached hydrogens (tertiary/aromatic N) is 1. The number of nitriles is 1. The van der Waals surface area contributed by atoms with E-state index in [0.717, 1.165) is 5.56 Å². The van der Waals surface area contributed by atoms with Crippen LogP contribution in [0.15, 0.2) is 48.5 Å². The van der Waals surface area contributed by atoms with Crippen LogP contribution in [0.2, 0.25) is 5.02 Å². The first kappa shape index (κ1) is 17.5. The standard InChI is InChI=1S/C18H16ClN3O2/c1-12(14-7-5-13(10-20)6-8-14)22-17(23)11-21-18(24)15-3-2-4-16(19)9-15/h2-9,12H,11H2,1H3,(H,21,24)(H,22,23). The van der Waals surface area contributed by atoms with Crippen LogP contribution in [-0.2, 0) is 4.79 Å². The lowest BCUT2D eigenvalue weighted by Crippen LogP contribution is -2.38. The Morgan fingerprint density at radius 2 is 1.92 bits per heavy atom. The zero-order valence-electron chi connectivity index (χ0n) is 13.0. The molecule has 2 amide bonds. The molecule has 0 saturated heterocycles. The second kappa shape index (κ2) is 8.14. The Bertz CT molecular complexity index is 782. The second-order valence-electron chi connectivity index (χ2n) is 5.22. The monoisotopic (exact) mass is 341 g/mol. The van der Waals surface area contributed by atoms with Crippen LogP contribution in [0.1, 0.15) is 34.5 Å². The molecule has 0 aliphatic rings. The maximum absolute atomic E-state index is 11.9. The zero-order chi connectivity index (χ0) is 17.5. The lowest BCUT2D eigenvalue weighted by Gasteiger charge is -2.14. The van der Waals surface area contributed by atoms with Crippen molar-refractivity contribution in [2.24, 2.45) is 0 Å². The van der Waals surface area contributed by atoms with Gasteiger partial charge in [0.2, 0.25) is 5.91 Å². The Morgan fingerprint density at radius 3 is 2.54 bits per heavy atom. The number of amides is 2. The minimum Gasteiger partial charge on any atom is -0.348 e. The van der Waals surface area contributed by atoms with Crippen LogP contribution in [0.4, 0.5) is 0 Å². The van der Waals surface area contributed by atoms with Gasteiger partial charge >= 0.3 is 0 Å². The van der Waals surface area contributed by atoms with E-state index < -0.39 is 0 Å². The van der Waals surface area contributed by atoms with Gasteiger partial charge in [0.15, 0.2) is 0 Å². The van der Waals surface area contributed by atoms with Crippen molar-refractivity contribution in [1.82, 2.24) is 10.6 Å². The van der Waals surface area contributed by atoms with Gasteiger partial charge in [-0.3, -0.25) is 9.59 Å². The Labute approximate surface area is 145 Å². The number of carbonyl (C=O) groups is 2. The van der Waals surface area contributed by atoms with Crippen molar-refractivity contribution >= 4 is 23.4 Å². The SMILES string of the molecule is CC(NC(=O)CNC(=O)c1cccc(Cl)c1)c1ccc(C#N)cc1. The van der Waals surface area contributed by atoms with E-state index in [-0.39, 0.29) is 24.4 Å². The third-order valence-electron chi connectivity index (χ3n) is 3.41. The summed E-state index contributed by atoms with van der Waals surface area (Å²) in [6, 6.07) is 15.3. The maximum atomic E-state index is 11.9. The van der Waals surface area contributed by atoms with Gasteiger partial charge in [-0.05, 0) is 42.8 Å². The molecule has 6 heteroatoms. The fourth-order valence-electron chi connectivity index (χ4n) is 2.11. The highest BCUT2D eigenvalue weighted by atomic mass is 35.5. The van der Waals surface area contributed by atoms with E-state index in [9.17, 15) is 9.59 Å². The Morgan fingerprint density at radius 1 is 1.21 bits per heavy atom. The topological polar surface area (TPSA) is 82.0 Å². The molecule has 0 aliphatic carbocycles. The van der Waals surface area contributed by atoms with Crippen LogP contribution in [-0.4, -0.2) is 18.4 Å². The highest BCUT2D eigenvalue weighted by Gasteiger charge is 2.12. The van der Waals surface area contributed by atoms with Crippen LogP contribution in [0.25, 0.3) is 0 Å². The van der Waals surface area contributed by atoms with Crippen molar-refractivity contribution in [1.29, 1.82) is 5.26 Å². The summed E-state index contributed by atoms with van der Waals surface area (Å²) >= 11 is 5.83. The molecule has 0 heterocycles. The van der Waals surface area contributed by atoms with Crippen LogP contribution in [0, 0.1) is 11.3 Å². The summed E-state index contributed by atoms with van der Waals surface area (Å²) in [4.78, 5) is 23.9. The van der Waals surface area contributed by atoms with E-state index in [2.05, 4.69) is 10.6 Å². The van der Waals surface area contributed by atoms with Gasteiger partial charge in [-0.15, -0.1) is 0 Å². The summed E-state index contributed by atoms with van der Waals surface area (Å²) in [6.07, 6.45) is 0. The van der Waals surface area contributed by atoms with Crippen molar-refractivity contribution < 1.29 is 9.59 Å². The van der Waals surface area contributed by atoms with E-state index in [1.807, 2.05) is 13.0 Å². The van der Waals surface area contributed by atoms with Gasteiger partial charge in [0.05, 0.1) is 24.2 Å². The van der Waals surface area contributed by atoms with Crippen LogP contribution in [0.5, 0.6) is 0 Å². The smallest absolute Gasteiger partial charge is 0.251 e. The van der Waals surface area contributed by atoms with E-state index in [4.69, 9.17) is 16.9 Å². The van der Waals surface area contributed by atoms with E-state index in [0.29, 0.717) is 16.1 Å². The molecule has 0 fully saturated rings. The van der Waals surface area contributed by atoms with Crippen molar-refractivity contribution in [3.05, 3.63) is 70.2 Å². The first-order valence-corrected chi connectivity index (χ1v) is 7.70. The minimum atomic E-state index is -0.362. The molecule has 122 valence electrons. The molecule has 0 saturated carbocycles. The van der Waals surface area contributed by atoms with Crippen molar-refractivity contribution in [3.63, 3.8) is 0 Å². The van der Waals surface area contributed by atoms with Crippen LogP contribution < -0.4 is 10.6 Å². The number of carbonyl (C=O) groups excluding carboxylic acids is 2. The second-order valence-corrected chi connectivity index (χ2v) is 5.65. The summed E-state index contributed by atoms with van der Waals surface area (Å²) < 4.78 is 0. The zero-order valence-corrected chi connectivity index (χ0v) is 13.8. The fourth-order valence-corrected chi connectivity index (χ4v) is 2.30. The summed E-state index contributed by atoms with van der Waals surface area (Å²) in [6.45, 7) is 1.70. The highest BCUT2D eigenvalue weighted by molar-refractivity contribution is 6.30. The number of halogens is 1. The highest BCUT2D eigenvalue weighted by Crippen LogP contribution is 2.13. The molecule has 0 aliphatic heterocycles. The third kappa shape index (κ3) is 4.83. The molecule has 2 aromatic carbocycles. The fraction of sp³-hybridized carbons (Fsp3) is 0.167. The Hall–Kier alpha value is -2.84. The molecule has 0 radical (unpaired) electrons. The molecule has 0 aromatic heterocycles. The summed E-state index contributed by atoms with van der Waals surface area (Å²) in [7, 11) is 0. The third-order valence-corrected chi connectivity index (χ3v) is 3.65. The molecule has 0 spiro atoms. The molecular formula is C18H16ClN3O2. The number of nitrogens with one attached hydrogen (secondary N) is 2. The van der Waals surface area contributed by atoms with Crippen molar-refractivity contribution in [2.75, 3.05) is 6.54 Å². The van der Waals surface area contributed by atoms with Crippen molar-refractivity contribution in [3.8, 4) is 6.07 Å². The van der Waals surface area contributed by atoms with Gasteiger partial charge in [0.25, 0.3) is 5.91 Å². The van der Waals surface area contributed by atoms with Gasteiger partial charge in [-0.2, -0.15) is 5.26 Å².